The minimum Gasteiger partial charge on any atom is -0.490 e. The SMILES string of the molecule is COCCCN1CCOc2ccc(CO[C@H]3CNC[C@@H](O)[C@@H]3c3ccc(Oc4ccc(C#N)cc4)cc3)cc21. The lowest BCUT2D eigenvalue weighted by atomic mass is 9.85. The lowest BCUT2D eigenvalue weighted by Gasteiger charge is -2.36. The molecule has 0 radical (unpaired) electrons. The van der Waals surface area contributed by atoms with Crippen LogP contribution >= 0.6 is 0 Å². The molecule has 2 N–H and O–H groups in total. The number of anilines is 1. The number of ether oxygens (including phenoxy) is 4. The van der Waals surface area contributed by atoms with Crippen LogP contribution in [0.3, 0.4) is 0 Å². The monoisotopic (exact) mass is 529 g/mol. The van der Waals surface area contributed by atoms with Gasteiger partial charge in [0.05, 0.1) is 42.7 Å². The van der Waals surface area contributed by atoms with Crippen molar-refractivity contribution >= 4 is 5.69 Å². The lowest BCUT2D eigenvalue weighted by molar-refractivity contribution is -0.0328. The fourth-order valence-corrected chi connectivity index (χ4v) is 5.21. The van der Waals surface area contributed by atoms with Gasteiger partial charge in [-0.05, 0) is 66.1 Å². The van der Waals surface area contributed by atoms with Crippen LogP contribution in [0.25, 0.3) is 0 Å². The van der Waals surface area contributed by atoms with Gasteiger partial charge in [0.2, 0.25) is 0 Å². The molecule has 8 nitrogen and oxygen atoms in total. The molecule has 0 unspecified atom stereocenters. The van der Waals surface area contributed by atoms with E-state index in [0.29, 0.717) is 43.4 Å². The summed E-state index contributed by atoms with van der Waals surface area (Å²) in [5.41, 5.74) is 3.76. The number of piperidine rings is 1. The molecule has 39 heavy (non-hydrogen) atoms. The van der Waals surface area contributed by atoms with Crippen molar-refractivity contribution in [3.8, 4) is 23.3 Å². The summed E-state index contributed by atoms with van der Waals surface area (Å²) in [6.45, 7) is 4.79. The van der Waals surface area contributed by atoms with E-state index in [9.17, 15) is 5.11 Å². The van der Waals surface area contributed by atoms with Crippen LogP contribution in [0.2, 0.25) is 0 Å². The van der Waals surface area contributed by atoms with Gasteiger partial charge >= 0.3 is 0 Å². The van der Waals surface area contributed by atoms with Gasteiger partial charge in [-0.3, -0.25) is 0 Å². The van der Waals surface area contributed by atoms with E-state index in [0.717, 1.165) is 48.7 Å². The van der Waals surface area contributed by atoms with Crippen LogP contribution in [0.1, 0.15) is 29.0 Å². The molecule has 204 valence electrons. The van der Waals surface area contributed by atoms with Crippen LogP contribution < -0.4 is 19.7 Å². The molecule has 0 aromatic heterocycles. The molecule has 2 aliphatic heterocycles. The summed E-state index contributed by atoms with van der Waals surface area (Å²) in [5, 5.41) is 23.2. The fraction of sp³-hybridized carbons (Fsp3) is 0.387. The maximum Gasteiger partial charge on any atom is 0.142 e. The highest BCUT2D eigenvalue weighted by atomic mass is 16.5. The summed E-state index contributed by atoms with van der Waals surface area (Å²) >= 11 is 0. The maximum absolute atomic E-state index is 10.9. The van der Waals surface area contributed by atoms with E-state index in [-0.39, 0.29) is 12.0 Å². The van der Waals surface area contributed by atoms with Crippen molar-refractivity contribution in [3.63, 3.8) is 0 Å². The van der Waals surface area contributed by atoms with E-state index in [1.165, 1.54) is 0 Å². The number of methoxy groups -OCH3 is 1. The van der Waals surface area contributed by atoms with Crippen molar-refractivity contribution in [2.24, 2.45) is 0 Å². The maximum atomic E-state index is 10.9. The van der Waals surface area contributed by atoms with E-state index in [4.69, 9.17) is 24.2 Å². The first-order valence-electron chi connectivity index (χ1n) is 13.4. The van der Waals surface area contributed by atoms with Gasteiger partial charge in [-0.15, -0.1) is 0 Å². The fourth-order valence-electron chi connectivity index (χ4n) is 5.21. The van der Waals surface area contributed by atoms with Gasteiger partial charge in [0.1, 0.15) is 23.9 Å². The first-order valence-corrected chi connectivity index (χ1v) is 13.4. The van der Waals surface area contributed by atoms with Crippen LogP contribution in [0, 0.1) is 11.3 Å². The predicted octanol–water partition coefficient (Wildman–Crippen LogP) is 4.22. The molecule has 0 saturated carbocycles. The van der Waals surface area contributed by atoms with E-state index >= 15 is 0 Å². The summed E-state index contributed by atoms with van der Waals surface area (Å²) in [4.78, 5) is 2.34. The third-order valence-corrected chi connectivity index (χ3v) is 7.22. The van der Waals surface area contributed by atoms with Crippen LogP contribution in [0.15, 0.2) is 66.7 Å². The number of fused-ring (bicyclic) bond motifs is 1. The number of nitriles is 1. The minimum absolute atomic E-state index is 0.165. The second kappa shape index (κ2) is 13.0. The number of aliphatic hydroxyl groups is 1. The first-order chi connectivity index (χ1) is 19.1. The van der Waals surface area contributed by atoms with Crippen molar-refractivity contribution in [1.29, 1.82) is 5.26 Å². The lowest BCUT2D eigenvalue weighted by Crippen LogP contribution is -2.49. The number of benzene rings is 3. The van der Waals surface area contributed by atoms with Crippen molar-refractivity contribution in [3.05, 3.63) is 83.4 Å². The van der Waals surface area contributed by atoms with Gasteiger partial charge < -0.3 is 34.3 Å². The molecule has 2 heterocycles. The molecule has 0 bridgehead atoms. The Morgan fingerprint density at radius 3 is 2.56 bits per heavy atom. The standard InChI is InChI=1S/C31H35N3O5/c1-36-15-2-13-34-14-16-37-29-12-5-23(17-27(29)34)21-38-30-20-33-19-28(35)31(30)24-6-10-26(11-7-24)39-25-8-3-22(18-32)4-9-25/h3-12,17,28,30-31,33,35H,2,13-16,19-21H2,1H3/t28-,30+,31+/m1/s1. The highest BCUT2D eigenvalue weighted by Gasteiger charge is 2.34. The minimum atomic E-state index is -0.567. The van der Waals surface area contributed by atoms with E-state index < -0.39 is 6.10 Å². The number of nitrogens with zero attached hydrogens (tertiary/aromatic N) is 2. The number of hydrogen-bond acceptors (Lipinski definition) is 8. The zero-order valence-corrected chi connectivity index (χ0v) is 22.2. The summed E-state index contributed by atoms with van der Waals surface area (Å²) in [5.74, 6) is 2.09. The zero-order chi connectivity index (χ0) is 27.0. The molecular formula is C31H35N3O5. The Morgan fingerprint density at radius 1 is 1.05 bits per heavy atom. The number of nitrogens with one attached hydrogen (secondary N) is 1. The summed E-state index contributed by atoms with van der Waals surface area (Å²) in [7, 11) is 1.73. The van der Waals surface area contributed by atoms with Gasteiger partial charge in [0.25, 0.3) is 0 Å². The largest absolute Gasteiger partial charge is 0.490 e. The molecule has 3 aromatic carbocycles. The average molecular weight is 530 g/mol. The smallest absolute Gasteiger partial charge is 0.142 e. The second-order valence-corrected chi connectivity index (χ2v) is 9.89. The van der Waals surface area contributed by atoms with Gasteiger partial charge in [-0.2, -0.15) is 5.26 Å². The molecule has 0 amide bonds. The molecule has 2 aliphatic rings. The van der Waals surface area contributed by atoms with Crippen LogP contribution in [0.4, 0.5) is 5.69 Å². The number of β-amino-alcohol motifs (C(OH)–C–C–N with tert-alkyl or cyclic N) is 1. The molecule has 3 aromatic rings. The first kappa shape index (κ1) is 27.0. The van der Waals surface area contributed by atoms with Crippen LogP contribution in [-0.2, 0) is 16.1 Å². The summed E-state index contributed by atoms with van der Waals surface area (Å²) in [6.07, 6.45) is 0.202. The molecule has 8 heteroatoms. The summed E-state index contributed by atoms with van der Waals surface area (Å²) < 4.78 is 23.4. The molecular weight excluding hydrogens is 494 g/mol. The van der Waals surface area contributed by atoms with E-state index in [1.54, 1.807) is 31.4 Å². The number of aliphatic hydroxyl groups excluding tert-OH is 1. The predicted molar refractivity (Wildman–Crippen MR) is 149 cm³/mol. The quantitative estimate of drug-likeness (QED) is 0.377. The Balaban J connectivity index is 1.24. The third kappa shape index (κ3) is 6.70. The molecule has 1 fully saturated rings. The summed E-state index contributed by atoms with van der Waals surface area (Å²) in [6, 6.07) is 23.1. The second-order valence-electron chi connectivity index (χ2n) is 9.89. The van der Waals surface area contributed by atoms with Crippen molar-refractivity contribution in [2.75, 3.05) is 51.4 Å². The van der Waals surface area contributed by atoms with Crippen LogP contribution in [0.5, 0.6) is 17.2 Å². The van der Waals surface area contributed by atoms with Crippen molar-refractivity contribution < 1.29 is 24.1 Å². The number of rotatable bonds is 10. The average Bonchev–Trinajstić information content (AvgIpc) is 2.97. The number of hydrogen-bond donors (Lipinski definition) is 2. The molecule has 3 atom stereocenters. The Hall–Kier alpha value is -3.61. The topological polar surface area (TPSA) is 96.2 Å². The Morgan fingerprint density at radius 2 is 1.82 bits per heavy atom. The highest BCUT2D eigenvalue weighted by Crippen LogP contribution is 2.34. The van der Waals surface area contributed by atoms with Gasteiger partial charge in [0, 0.05) is 39.3 Å². The molecule has 0 spiro atoms. The zero-order valence-electron chi connectivity index (χ0n) is 22.2. The van der Waals surface area contributed by atoms with Crippen molar-refractivity contribution in [2.45, 2.75) is 31.2 Å². The Labute approximate surface area is 229 Å². The van der Waals surface area contributed by atoms with Crippen LogP contribution in [-0.4, -0.2) is 63.8 Å². The third-order valence-electron chi connectivity index (χ3n) is 7.22. The Bertz CT molecular complexity index is 1260. The Kier molecular flexibility index (Phi) is 8.96. The van der Waals surface area contributed by atoms with Gasteiger partial charge in [-0.25, -0.2) is 0 Å². The van der Waals surface area contributed by atoms with Crippen molar-refractivity contribution in [1.82, 2.24) is 5.32 Å². The van der Waals surface area contributed by atoms with Gasteiger partial charge in [-0.1, -0.05) is 18.2 Å². The highest BCUT2D eigenvalue weighted by molar-refractivity contribution is 5.61. The molecule has 1 saturated heterocycles. The van der Waals surface area contributed by atoms with E-state index in [2.05, 4.69) is 28.4 Å². The van der Waals surface area contributed by atoms with Gasteiger partial charge in [0.15, 0.2) is 0 Å². The molecule has 5 rings (SSSR count). The molecule has 0 aliphatic carbocycles. The van der Waals surface area contributed by atoms with E-state index in [1.807, 2.05) is 30.3 Å². The normalized spacial score (nSPS) is 20.5.